The molecule has 2 heterocycles. The van der Waals surface area contributed by atoms with E-state index in [0.29, 0.717) is 22.7 Å². The summed E-state index contributed by atoms with van der Waals surface area (Å²) >= 11 is 0. The minimum atomic E-state index is -0.741. The van der Waals surface area contributed by atoms with Crippen LogP contribution in [-0.4, -0.2) is 89.7 Å². The Morgan fingerprint density at radius 2 is 1.00 bits per heavy atom. The van der Waals surface area contributed by atoms with E-state index < -0.39 is 11.6 Å². The van der Waals surface area contributed by atoms with Crippen LogP contribution in [0.3, 0.4) is 0 Å². The number of carbonyl (C=O) groups excluding carboxylic acids is 3. The maximum absolute atomic E-state index is 13.7. The van der Waals surface area contributed by atoms with E-state index in [9.17, 15) is 14.4 Å². The standard InChI is InChI=1S/C35H42N8O4/c1-35(2,3)47-32(44)25-20-28(42(6)33(45)40(4)26-12-8-23(9-13-26)30-36-16-17-37-30)22-29(21-25)43(7)34(46)41(5)27-14-10-24(11-15-27)31-38-18-19-39-31/h8-15,20-22H,16-19H2,1-7H3,(H,36,37)(H,38,39). The Morgan fingerprint density at radius 3 is 1.34 bits per heavy atom. The summed E-state index contributed by atoms with van der Waals surface area (Å²) < 4.78 is 5.66. The number of amides is 4. The number of hydrogen-bond donors (Lipinski definition) is 2. The number of ether oxygens (including phenoxy) is 1. The number of nitrogens with one attached hydrogen (secondary N) is 2. The predicted octanol–water partition coefficient (Wildman–Crippen LogP) is 4.73. The SMILES string of the molecule is CN(C(=O)N(C)c1cc(C(=O)OC(C)(C)C)cc(N(C)C(=O)N(C)c2ccc(C3=NCCN3)cc2)c1)c1ccc(C2=NCCN2)cc1. The first-order valence-corrected chi connectivity index (χ1v) is 15.5. The second-order valence-electron chi connectivity index (χ2n) is 12.4. The van der Waals surface area contributed by atoms with Crippen molar-refractivity contribution in [3.8, 4) is 0 Å². The normalized spacial score (nSPS) is 13.9. The van der Waals surface area contributed by atoms with Crippen LogP contribution in [-0.2, 0) is 4.74 Å². The number of benzene rings is 3. The number of anilines is 4. The first-order chi connectivity index (χ1) is 22.3. The van der Waals surface area contributed by atoms with Crippen molar-refractivity contribution >= 4 is 52.5 Å². The fourth-order valence-corrected chi connectivity index (χ4v) is 5.20. The Kier molecular flexibility index (Phi) is 9.50. The summed E-state index contributed by atoms with van der Waals surface area (Å²) in [5.74, 6) is 1.11. The first-order valence-electron chi connectivity index (χ1n) is 15.5. The second-order valence-corrected chi connectivity index (χ2v) is 12.4. The van der Waals surface area contributed by atoms with E-state index in [1.807, 2.05) is 48.5 Å². The smallest absolute Gasteiger partial charge is 0.338 e. The molecule has 3 aromatic carbocycles. The molecule has 2 aliphatic rings. The van der Waals surface area contributed by atoms with Crippen molar-refractivity contribution in [3.63, 3.8) is 0 Å². The molecule has 4 amide bonds. The summed E-state index contributed by atoms with van der Waals surface area (Å²) in [6, 6.07) is 19.3. The number of rotatable bonds is 7. The van der Waals surface area contributed by atoms with Crippen LogP contribution in [0.1, 0.15) is 42.3 Å². The Labute approximate surface area is 275 Å². The van der Waals surface area contributed by atoms with Crippen molar-refractivity contribution in [3.05, 3.63) is 83.4 Å². The number of hydrogen-bond acceptors (Lipinski definition) is 8. The van der Waals surface area contributed by atoms with Gasteiger partial charge >= 0.3 is 18.0 Å². The lowest BCUT2D eigenvalue weighted by molar-refractivity contribution is 0.00694. The molecule has 0 aromatic heterocycles. The molecule has 2 N–H and O–H groups in total. The predicted molar refractivity (Wildman–Crippen MR) is 188 cm³/mol. The Balaban J connectivity index is 1.40. The van der Waals surface area contributed by atoms with Gasteiger partial charge in [0, 0.05) is 75.2 Å². The monoisotopic (exact) mass is 638 g/mol. The van der Waals surface area contributed by atoms with Gasteiger partial charge in [-0.05, 0) is 87.5 Å². The van der Waals surface area contributed by atoms with E-state index in [2.05, 4.69) is 20.6 Å². The zero-order valence-corrected chi connectivity index (χ0v) is 28.0. The molecule has 0 spiro atoms. The molecule has 5 rings (SSSR count). The highest BCUT2D eigenvalue weighted by atomic mass is 16.6. The van der Waals surface area contributed by atoms with Gasteiger partial charge in [0.1, 0.15) is 17.3 Å². The maximum Gasteiger partial charge on any atom is 0.338 e. The number of urea groups is 2. The number of aliphatic imine (C=N–C) groups is 2. The quantitative estimate of drug-likeness (QED) is 0.361. The molecule has 0 unspecified atom stereocenters. The highest BCUT2D eigenvalue weighted by Gasteiger charge is 2.25. The van der Waals surface area contributed by atoms with Crippen LogP contribution < -0.4 is 30.2 Å². The van der Waals surface area contributed by atoms with Gasteiger partial charge in [0.15, 0.2) is 0 Å². The highest BCUT2D eigenvalue weighted by molar-refractivity contribution is 6.07. The van der Waals surface area contributed by atoms with Crippen LogP contribution in [0.25, 0.3) is 0 Å². The van der Waals surface area contributed by atoms with Crippen molar-refractivity contribution in [2.75, 3.05) is 74.0 Å². The van der Waals surface area contributed by atoms with Gasteiger partial charge in [-0.3, -0.25) is 29.6 Å². The van der Waals surface area contributed by atoms with Crippen LogP contribution in [0.15, 0.2) is 76.7 Å². The third-order valence-corrected chi connectivity index (χ3v) is 7.86. The zero-order chi connectivity index (χ0) is 33.9. The summed E-state index contributed by atoms with van der Waals surface area (Å²) in [6.07, 6.45) is 0. The molecule has 12 nitrogen and oxygen atoms in total. The third kappa shape index (κ3) is 7.54. The fourth-order valence-electron chi connectivity index (χ4n) is 5.20. The van der Waals surface area contributed by atoms with Gasteiger partial charge in [0.2, 0.25) is 0 Å². The molecular formula is C35H42N8O4. The molecule has 0 radical (unpaired) electrons. The molecule has 0 saturated carbocycles. The van der Waals surface area contributed by atoms with Gasteiger partial charge in [-0.1, -0.05) is 0 Å². The molecule has 0 aliphatic carbocycles. The van der Waals surface area contributed by atoms with Gasteiger partial charge in [-0.2, -0.15) is 0 Å². The molecule has 246 valence electrons. The molecule has 12 heteroatoms. The van der Waals surface area contributed by atoms with Crippen molar-refractivity contribution in [1.29, 1.82) is 0 Å². The molecule has 0 saturated heterocycles. The minimum Gasteiger partial charge on any atom is -0.456 e. The van der Waals surface area contributed by atoms with E-state index in [1.165, 1.54) is 19.6 Å². The van der Waals surface area contributed by atoms with Gasteiger partial charge in [-0.25, -0.2) is 14.4 Å². The number of esters is 1. The summed E-state index contributed by atoms with van der Waals surface area (Å²) in [4.78, 5) is 55.5. The molecule has 2 aliphatic heterocycles. The molecule has 0 bridgehead atoms. The Hall–Kier alpha value is -5.39. The van der Waals surface area contributed by atoms with Gasteiger partial charge in [0.05, 0.1) is 18.7 Å². The first kappa shape index (κ1) is 33.0. The van der Waals surface area contributed by atoms with E-state index in [-0.39, 0.29) is 17.6 Å². The van der Waals surface area contributed by atoms with Gasteiger partial charge in [0.25, 0.3) is 0 Å². The molecular weight excluding hydrogens is 596 g/mol. The van der Waals surface area contributed by atoms with Crippen molar-refractivity contribution in [2.45, 2.75) is 26.4 Å². The number of amidine groups is 2. The molecule has 3 aromatic rings. The third-order valence-electron chi connectivity index (χ3n) is 7.86. The van der Waals surface area contributed by atoms with Crippen molar-refractivity contribution in [1.82, 2.24) is 10.6 Å². The molecule has 0 atom stereocenters. The van der Waals surface area contributed by atoms with Crippen LogP contribution in [0.5, 0.6) is 0 Å². The lowest BCUT2D eigenvalue weighted by Gasteiger charge is -2.29. The number of nitrogens with zero attached hydrogens (tertiary/aromatic N) is 6. The lowest BCUT2D eigenvalue weighted by Crippen LogP contribution is -2.40. The van der Waals surface area contributed by atoms with E-state index in [0.717, 1.165) is 49.0 Å². The largest absolute Gasteiger partial charge is 0.456 e. The van der Waals surface area contributed by atoms with Crippen molar-refractivity contribution in [2.24, 2.45) is 9.98 Å². The van der Waals surface area contributed by atoms with Crippen LogP contribution in [0.2, 0.25) is 0 Å². The average Bonchev–Trinajstić information content (AvgIpc) is 3.81. The van der Waals surface area contributed by atoms with Crippen LogP contribution >= 0.6 is 0 Å². The Bertz CT molecular complexity index is 1600. The molecule has 0 fully saturated rings. The highest BCUT2D eigenvalue weighted by Crippen LogP contribution is 2.29. The maximum atomic E-state index is 13.7. The summed E-state index contributed by atoms with van der Waals surface area (Å²) in [7, 11) is 6.62. The van der Waals surface area contributed by atoms with E-state index >= 15 is 0 Å². The van der Waals surface area contributed by atoms with Crippen LogP contribution in [0, 0.1) is 0 Å². The van der Waals surface area contributed by atoms with Gasteiger partial charge < -0.3 is 15.4 Å². The lowest BCUT2D eigenvalue weighted by atomic mass is 10.1. The van der Waals surface area contributed by atoms with Gasteiger partial charge in [-0.15, -0.1) is 0 Å². The Morgan fingerprint density at radius 1 is 0.617 bits per heavy atom. The van der Waals surface area contributed by atoms with E-state index in [1.54, 1.807) is 67.2 Å². The second kappa shape index (κ2) is 13.5. The van der Waals surface area contributed by atoms with Crippen LogP contribution in [0.4, 0.5) is 32.3 Å². The summed E-state index contributed by atoms with van der Waals surface area (Å²) in [5, 5.41) is 6.50. The summed E-state index contributed by atoms with van der Waals surface area (Å²) in [5.41, 5.74) is 3.56. The zero-order valence-electron chi connectivity index (χ0n) is 28.0. The van der Waals surface area contributed by atoms with E-state index in [4.69, 9.17) is 4.74 Å². The van der Waals surface area contributed by atoms with Crippen molar-refractivity contribution < 1.29 is 19.1 Å². The fraction of sp³-hybridized carbons (Fsp3) is 0.343. The average molecular weight is 639 g/mol. The summed E-state index contributed by atoms with van der Waals surface area (Å²) in [6.45, 7) is 8.45. The minimum absolute atomic E-state index is 0.209. The molecule has 47 heavy (non-hydrogen) atoms. The number of carbonyl (C=O) groups is 3. The topological polar surface area (TPSA) is 122 Å².